The summed E-state index contributed by atoms with van der Waals surface area (Å²) < 4.78 is 1.66. The molecule has 1 aliphatic rings. The maximum atomic E-state index is 12.3. The van der Waals surface area contributed by atoms with Gasteiger partial charge in [0.25, 0.3) is 5.91 Å². The predicted octanol–water partition coefficient (Wildman–Crippen LogP) is 2.07. The van der Waals surface area contributed by atoms with E-state index in [1.165, 1.54) is 5.01 Å². The summed E-state index contributed by atoms with van der Waals surface area (Å²) in [4.78, 5) is 18.7. The number of rotatable bonds is 2. The molecule has 5 nitrogen and oxygen atoms in total. The van der Waals surface area contributed by atoms with Gasteiger partial charge in [-0.3, -0.25) is 9.48 Å². The molecule has 3 heterocycles. The van der Waals surface area contributed by atoms with E-state index in [9.17, 15) is 4.79 Å². The number of piperidine rings is 1. The maximum absolute atomic E-state index is 12.3. The van der Waals surface area contributed by atoms with E-state index in [-0.39, 0.29) is 11.3 Å². The van der Waals surface area contributed by atoms with Crippen molar-refractivity contribution in [2.75, 3.05) is 13.1 Å². The third-order valence-corrected chi connectivity index (χ3v) is 5.11. The molecule has 2 aromatic heterocycles. The molecule has 0 N–H and O–H groups in total. The molecule has 0 spiro atoms. The van der Waals surface area contributed by atoms with Crippen molar-refractivity contribution in [1.82, 2.24) is 19.7 Å². The highest BCUT2D eigenvalue weighted by Gasteiger charge is 2.35. The van der Waals surface area contributed by atoms with Gasteiger partial charge in [0, 0.05) is 43.3 Å². The molecule has 1 saturated heterocycles. The quantitative estimate of drug-likeness (QED) is 0.851. The highest BCUT2D eigenvalue weighted by atomic mass is 32.1. The summed E-state index contributed by atoms with van der Waals surface area (Å²) in [6, 6.07) is 1.77. The van der Waals surface area contributed by atoms with Crippen molar-refractivity contribution < 1.29 is 4.79 Å². The van der Waals surface area contributed by atoms with Gasteiger partial charge in [-0.05, 0) is 18.9 Å². The molecule has 6 heteroatoms. The zero-order valence-corrected chi connectivity index (χ0v) is 12.6. The van der Waals surface area contributed by atoms with Gasteiger partial charge in [0.1, 0.15) is 5.69 Å². The van der Waals surface area contributed by atoms with E-state index in [2.05, 4.69) is 17.0 Å². The first-order valence-electron chi connectivity index (χ1n) is 6.77. The Morgan fingerprint density at radius 2 is 2.15 bits per heavy atom. The van der Waals surface area contributed by atoms with Crippen LogP contribution in [0.4, 0.5) is 0 Å². The smallest absolute Gasteiger partial charge is 0.274 e. The van der Waals surface area contributed by atoms with Crippen LogP contribution in [0.3, 0.4) is 0 Å². The minimum atomic E-state index is 0.0341. The summed E-state index contributed by atoms with van der Waals surface area (Å²) >= 11 is 1.71. The lowest BCUT2D eigenvalue weighted by Crippen LogP contribution is -2.44. The number of carbonyl (C=O) groups excluding carboxylic acids is 1. The van der Waals surface area contributed by atoms with E-state index < -0.39 is 0 Å². The largest absolute Gasteiger partial charge is 0.337 e. The van der Waals surface area contributed by atoms with Crippen molar-refractivity contribution in [2.45, 2.75) is 25.2 Å². The first-order chi connectivity index (χ1) is 9.58. The Labute approximate surface area is 122 Å². The van der Waals surface area contributed by atoms with Crippen molar-refractivity contribution in [3.05, 3.63) is 34.5 Å². The van der Waals surface area contributed by atoms with E-state index in [1.807, 2.05) is 23.5 Å². The summed E-state index contributed by atoms with van der Waals surface area (Å²) in [5, 5.41) is 7.39. The van der Waals surface area contributed by atoms with E-state index in [0.29, 0.717) is 5.69 Å². The van der Waals surface area contributed by atoms with Crippen LogP contribution in [0.15, 0.2) is 23.8 Å². The van der Waals surface area contributed by atoms with Gasteiger partial charge in [0.05, 0.1) is 5.01 Å². The second-order valence-electron chi connectivity index (χ2n) is 5.56. The number of carbonyl (C=O) groups is 1. The van der Waals surface area contributed by atoms with E-state index in [1.54, 1.807) is 28.3 Å². The zero-order chi connectivity index (χ0) is 14.2. The van der Waals surface area contributed by atoms with Crippen molar-refractivity contribution in [1.29, 1.82) is 0 Å². The van der Waals surface area contributed by atoms with Crippen LogP contribution in [0.2, 0.25) is 0 Å². The molecule has 0 bridgehead atoms. The number of nitrogens with zero attached hydrogens (tertiary/aromatic N) is 4. The van der Waals surface area contributed by atoms with Crippen molar-refractivity contribution in [3.63, 3.8) is 0 Å². The van der Waals surface area contributed by atoms with Crippen molar-refractivity contribution >= 4 is 17.2 Å². The second-order valence-corrected chi connectivity index (χ2v) is 6.46. The molecule has 106 valence electrons. The fourth-order valence-electron chi connectivity index (χ4n) is 2.63. The van der Waals surface area contributed by atoms with E-state index in [0.717, 1.165) is 25.9 Å². The lowest BCUT2D eigenvalue weighted by molar-refractivity contribution is 0.0669. The molecule has 0 unspecified atom stereocenters. The molecule has 0 atom stereocenters. The SMILES string of the molecule is Cn1ccc(C(=O)N2CCC(C)(c3nccs3)CC2)n1. The number of hydrogen-bond acceptors (Lipinski definition) is 4. The normalized spacial score (nSPS) is 18.2. The highest BCUT2D eigenvalue weighted by Crippen LogP contribution is 2.36. The van der Waals surface area contributed by atoms with Gasteiger partial charge >= 0.3 is 0 Å². The van der Waals surface area contributed by atoms with E-state index >= 15 is 0 Å². The molecule has 1 fully saturated rings. The highest BCUT2D eigenvalue weighted by molar-refractivity contribution is 7.09. The van der Waals surface area contributed by atoms with Gasteiger partial charge in [0.15, 0.2) is 0 Å². The Kier molecular flexibility index (Phi) is 3.33. The summed E-state index contributed by atoms with van der Waals surface area (Å²) in [5.41, 5.74) is 0.639. The standard InChI is InChI=1S/C14H18N4OS/c1-14(13-15-6-10-20-13)4-8-18(9-5-14)12(19)11-3-7-17(2)16-11/h3,6-7,10H,4-5,8-9H2,1-2H3. The predicted molar refractivity (Wildman–Crippen MR) is 77.8 cm³/mol. The van der Waals surface area contributed by atoms with Crippen LogP contribution < -0.4 is 0 Å². The molecule has 1 aliphatic heterocycles. The van der Waals surface area contributed by atoms with Gasteiger partial charge in [-0.25, -0.2) is 4.98 Å². The molecule has 1 amide bonds. The van der Waals surface area contributed by atoms with Crippen LogP contribution in [0.25, 0.3) is 0 Å². The van der Waals surface area contributed by atoms with Crippen molar-refractivity contribution in [2.24, 2.45) is 7.05 Å². The summed E-state index contributed by atoms with van der Waals surface area (Å²) in [6.45, 7) is 3.78. The maximum Gasteiger partial charge on any atom is 0.274 e. The Morgan fingerprint density at radius 3 is 2.70 bits per heavy atom. The van der Waals surface area contributed by atoms with Crippen LogP contribution in [-0.4, -0.2) is 38.7 Å². The minimum Gasteiger partial charge on any atom is -0.337 e. The van der Waals surface area contributed by atoms with Crippen molar-refractivity contribution in [3.8, 4) is 0 Å². The fraction of sp³-hybridized carbons (Fsp3) is 0.500. The van der Waals surface area contributed by atoms with Crippen LogP contribution in [-0.2, 0) is 12.5 Å². The Bertz CT molecular complexity index is 596. The topological polar surface area (TPSA) is 51.0 Å². The minimum absolute atomic E-state index is 0.0341. The van der Waals surface area contributed by atoms with E-state index in [4.69, 9.17) is 0 Å². The number of amides is 1. The summed E-state index contributed by atoms with van der Waals surface area (Å²) in [6.07, 6.45) is 5.58. The lowest BCUT2D eigenvalue weighted by atomic mass is 9.81. The van der Waals surface area contributed by atoms with Gasteiger partial charge < -0.3 is 4.90 Å². The monoisotopic (exact) mass is 290 g/mol. The first-order valence-corrected chi connectivity index (χ1v) is 7.65. The average molecular weight is 290 g/mol. The number of aromatic nitrogens is 3. The zero-order valence-electron chi connectivity index (χ0n) is 11.7. The Morgan fingerprint density at radius 1 is 1.40 bits per heavy atom. The molecule has 20 heavy (non-hydrogen) atoms. The fourth-order valence-corrected chi connectivity index (χ4v) is 3.49. The molecule has 0 saturated carbocycles. The van der Waals surface area contributed by atoms with Gasteiger partial charge in [-0.1, -0.05) is 6.92 Å². The third-order valence-electron chi connectivity index (χ3n) is 4.04. The number of thiazole rings is 1. The Hall–Kier alpha value is -1.69. The number of aryl methyl sites for hydroxylation is 1. The van der Waals surface area contributed by atoms with Crippen LogP contribution in [0, 0.1) is 0 Å². The summed E-state index contributed by atoms with van der Waals surface area (Å²) in [7, 11) is 1.83. The van der Waals surface area contributed by atoms with Crippen LogP contribution in [0.5, 0.6) is 0 Å². The Balaban J connectivity index is 1.68. The molecule has 3 rings (SSSR count). The lowest BCUT2D eigenvalue weighted by Gasteiger charge is -2.37. The number of likely N-dealkylation sites (tertiary alicyclic amines) is 1. The first kappa shape index (κ1) is 13.3. The molecule has 0 aliphatic carbocycles. The molecular weight excluding hydrogens is 272 g/mol. The average Bonchev–Trinajstić information content (AvgIpc) is 3.10. The molecule has 2 aromatic rings. The van der Waals surface area contributed by atoms with Gasteiger partial charge in [-0.15, -0.1) is 11.3 Å². The molecular formula is C14H18N4OS. The van der Waals surface area contributed by atoms with Crippen LogP contribution in [0.1, 0.15) is 35.3 Å². The number of hydrogen-bond donors (Lipinski definition) is 0. The second kappa shape index (κ2) is 5.01. The van der Waals surface area contributed by atoms with Crippen LogP contribution >= 0.6 is 11.3 Å². The summed E-state index contributed by atoms with van der Waals surface area (Å²) in [5.74, 6) is 0.0341. The third kappa shape index (κ3) is 2.35. The molecule has 0 radical (unpaired) electrons. The molecule has 0 aromatic carbocycles. The van der Waals surface area contributed by atoms with Gasteiger partial charge in [-0.2, -0.15) is 5.10 Å². The van der Waals surface area contributed by atoms with Gasteiger partial charge in [0.2, 0.25) is 0 Å².